The number of alkyl halides is 7. The second kappa shape index (κ2) is 11.5. The minimum Gasteiger partial charge on any atom is -0.378 e. The van der Waals surface area contributed by atoms with E-state index in [4.69, 9.17) is 4.74 Å². The maximum absolute atomic E-state index is 15.5. The van der Waals surface area contributed by atoms with Gasteiger partial charge >= 0.3 is 6.11 Å². The average Bonchev–Trinajstić information content (AvgIpc) is 2.85. The molecule has 0 aromatic carbocycles. The summed E-state index contributed by atoms with van der Waals surface area (Å²) in [5.41, 5.74) is 0. The van der Waals surface area contributed by atoms with Crippen molar-refractivity contribution in [3.05, 3.63) is 0 Å². The lowest BCUT2D eigenvalue weighted by Crippen LogP contribution is -2.54. The van der Waals surface area contributed by atoms with Crippen LogP contribution in [0.5, 0.6) is 0 Å². The Morgan fingerprint density at radius 1 is 0.614 bits per heavy atom. The van der Waals surface area contributed by atoms with Crippen molar-refractivity contribution in [1.29, 1.82) is 0 Å². The summed E-state index contributed by atoms with van der Waals surface area (Å²) in [5, 5.41) is -4.29. The van der Waals surface area contributed by atoms with Crippen molar-refractivity contribution in [3.8, 4) is 0 Å². The van der Waals surface area contributed by atoms with Crippen LogP contribution in [0.3, 0.4) is 0 Å². The zero-order valence-electron chi connectivity index (χ0n) is 24.4. The van der Waals surface area contributed by atoms with E-state index in [-0.39, 0.29) is 24.9 Å². The topological polar surface area (TPSA) is 18.5 Å². The van der Waals surface area contributed by atoms with E-state index < -0.39 is 102 Å². The molecule has 44 heavy (non-hydrogen) atoms. The molecule has 5 fully saturated rings. The Balaban J connectivity index is 1.17. The van der Waals surface area contributed by atoms with E-state index in [1.807, 2.05) is 0 Å². The zero-order chi connectivity index (χ0) is 32.5. The second-order valence-electron chi connectivity index (χ2n) is 14.4. The Hall–Kier alpha value is -0.570. The molecule has 1 heterocycles. The van der Waals surface area contributed by atoms with Crippen LogP contribution in [0.15, 0.2) is 0 Å². The van der Waals surface area contributed by atoms with Crippen LogP contribution in [0.25, 0.3) is 0 Å². The summed E-state index contributed by atoms with van der Waals surface area (Å²) in [7, 11) is -10.7. The number of rotatable bonds is 6. The van der Waals surface area contributed by atoms with Gasteiger partial charge in [0.05, 0.1) is 18.8 Å². The molecule has 15 heteroatoms. The first kappa shape index (κ1) is 34.8. The fourth-order valence-corrected chi connectivity index (χ4v) is 10.3. The Kier molecular flexibility index (Phi) is 9.12. The van der Waals surface area contributed by atoms with Crippen LogP contribution < -0.4 is 0 Å². The van der Waals surface area contributed by atoms with E-state index >= 15 is 22.0 Å². The van der Waals surface area contributed by atoms with Gasteiger partial charge in [-0.2, -0.15) is 8.78 Å². The molecule has 5 rings (SSSR count). The fraction of sp³-hybridized carbons (Fsp3) is 1.00. The van der Waals surface area contributed by atoms with E-state index in [2.05, 4.69) is 11.7 Å². The average molecular weight is 683 g/mol. The first-order valence-corrected chi connectivity index (χ1v) is 17.7. The molecule has 0 amide bonds. The van der Waals surface area contributed by atoms with E-state index in [1.165, 1.54) is 0 Å². The third-order valence-corrected chi connectivity index (χ3v) is 12.9. The van der Waals surface area contributed by atoms with Crippen molar-refractivity contribution in [1.82, 2.24) is 0 Å². The van der Waals surface area contributed by atoms with Crippen molar-refractivity contribution in [3.63, 3.8) is 0 Å². The summed E-state index contributed by atoms with van der Waals surface area (Å²) >= 11 is 0. The molecule has 4 aliphatic carbocycles. The second-order valence-corrected chi connectivity index (χ2v) is 17.0. The smallest absolute Gasteiger partial charge is 0.364 e. The highest BCUT2D eigenvalue weighted by atomic mass is 32.5. The van der Waals surface area contributed by atoms with Gasteiger partial charge in [-0.15, -0.1) is 0 Å². The van der Waals surface area contributed by atoms with Gasteiger partial charge in [-0.3, -0.25) is 0 Å². The van der Waals surface area contributed by atoms with Gasteiger partial charge < -0.3 is 9.47 Å². The summed E-state index contributed by atoms with van der Waals surface area (Å²) in [6, 6.07) is 0. The lowest BCUT2D eigenvalue weighted by molar-refractivity contribution is -0.322. The maximum atomic E-state index is 15.5. The van der Waals surface area contributed by atoms with E-state index in [1.54, 1.807) is 0 Å². The Bertz CT molecular complexity index is 985. The standard InChI is InChI=1S/C29H42F12O2S/c1-14-2-4-15(5-3-14)18-6-17-9-21(30)20(12-26(17)42-13-18)16-7-22(31)27(23(32)8-16)29(35,36)43-19-10-24(33)28(25(34)11-19)44(37,38,39,40)41/h14-28H,2-13H2,1H3. The van der Waals surface area contributed by atoms with Crippen LogP contribution in [-0.4, -0.2) is 61.0 Å². The maximum Gasteiger partial charge on any atom is 0.364 e. The molecule has 1 saturated heterocycles. The monoisotopic (exact) mass is 682 g/mol. The largest absolute Gasteiger partial charge is 0.378 e. The van der Waals surface area contributed by atoms with Crippen LogP contribution in [0.4, 0.5) is 50.2 Å². The predicted molar refractivity (Wildman–Crippen MR) is 142 cm³/mol. The molecule has 2 nitrogen and oxygen atoms in total. The van der Waals surface area contributed by atoms with Crippen molar-refractivity contribution >= 4 is 10.2 Å². The number of fused-ring (bicyclic) bond motifs is 1. The Labute approximate surface area is 250 Å². The molecule has 0 aromatic heterocycles. The minimum absolute atomic E-state index is 0.0383. The van der Waals surface area contributed by atoms with Crippen molar-refractivity contribution in [2.24, 2.45) is 41.4 Å². The van der Waals surface area contributed by atoms with Gasteiger partial charge in [-0.05, 0) is 80.5 Å². The van der Waals surface area contributed by atoms with Crippen LogP contribution >= 0.6 is 10.2 Å². The summed E-state index contributed by atoms with van der Waals surface area (Å²) in [6.07, 6.45) is -19.9. The van der Waals surface area contributed by atoms with Gasteiger partial charge in [0.1, 0.15) is 36.8 Å². The van der Waals surface area contributed by atoms with Crippen molar-refractivity contribution < 1.29 is 59.6 Å². The quantitative estimate of drug-likeness (QED) is 0.260. The number of hydrogen-bond acceptors (Lipinski definition) is 2. The van der Waals surface area contributed by atoms with Gasteiger partial charge in [-0.25, -0.2) is 22.0 Å². The van der Waals surface area contributed by atoms with Gasteiger partial charge in [-0.1, -0.05) is 39.2 Å². The third-order valence-electron chi connectivity index (χ3n) is 11.2. The Morgan fingerprint density at radius 3 is 1.70 bits per heavy atom. The normalized spacial score (nSPS) is 49.4. The summed E-state index contributed by atoms with van der Waals surface area (Å²) in [4.78, 5) is 0. The molecular formula is C29H42F12O2S. The molecule has 0 aromatic rings. The molecule has 9 unspecified atom stereocenters. The minimum atomic E-state index is -10.7. The van der Waals surface area contributed by atoms with E-state index in [9.17, 15) is 28.2 Å². The fourth-order valence-electron chi connectivity index (χ4n) is 8.97. The van der Waals surface area contributed by atoms with Gasteiger partial charge in [0.25, 0.3) is 10.2 Å². The molecule has 0 spiro atoms. The lowest BCUT2D eigenvalue weighted by Gasteiger charge is -2.51. The van der Waals surface area contributed by atoms with Crippen LogP contribution in [-0.2, 0) is 9.47 Å². The number of hydrogen-bond donors (Lipinski definition) is 0. The highest BCUT2D eigenvalue weighted by Crippen LogP contribution is 3.01. The molecular weight excluding hydrogens is 640 g/mol. The van der Waals surface area contributed by atoms with Gasteiger partial charge in [0.2, 0.25) is 0 Å². The van der Waals surface area contributed by atoms with Crippen LogP contribution in [0.2, 0.25) is 0 Å². The van der Waals surface area contributed by atoms with Crippen molar-refractivity contribution in [2.75, 3.05) is 6.61 Å². The number of halogens is 12. The molecule has 0 bridgehead atoms. The van der Waals surface area contributed by atoms with Crippen LogP contribution in [0.1, 0.15) is 77.6 Å². The molecule has 4 saturated carbocycles. The first-order valence-electron chi connectivity index (χ1n) is 15.7. The first-order chi connectivity index (χ1) is 20.1. The molecule has 5 aliphatic rings. The Morgan fingerprint density at radius 2 is 1.16 bits per heavy atom. The van der Waals surface area contributed by atoms with E-state index in [0.29, 0.717) is 24.4 Å². The predicted octanol–water partition coefficient (Wildman–Crippen LogP) is 10.4. The molecule has 260 valence electrons. The molecule has 1 aliphatic heterocycles. The highest BCUT2D eigenvalue weighted by Gasteiger charge is 2.76. The number of ether oxygens (including phenoxy) is 2. The van der Waals surface area contributed by atoms with Gasteiger partial charge in [0.15, 0.2) is 5.25 Å². The molecule has 9 atom stereocenters. The highest BCUT2D eigenvalue weighted by molar-refractivity contribution is 8.46. The summed E-state index contributed by atoms with van der Waals surface area (Å²) in [6.45, 7) is 2.76. The molecule has 0 N–H and O–H groups in total. The van der Waals surface area contributed by atoms with Gasteiger partial charge in [0, 0.05) is 12.8 Å². The zero-order valence-corrected chi connectivity index (χ0v) is 25.2. The third kappa shape index (κ3) is 7.44. The summed E-state index contributed by atoms with van der Waals surface area (Å²) < 4.78 is 180. The van der Waals surface area contributed by atoms with Crippen molar-refractivity contribution in [2.45, 2.75) is 132 Å². The summed E-state index contributed by atoms with van der Waals surface area (Å²) in [5.74, 6) is -3.01. The van der Waals surface area contributed by atoms with E-state index in [0.717, 1.165) is 32.1 Å². The lowest BCUT2D eigenvalue weighted by atomic mass is 9.63. The molecule has 0 radical (unpaired) electrons. The SMILES string of the molecule is CC1CCC(C2COC3CC(C4CC(F)C(C(F)(F)OC5CC(F)C(S(F)(F)(F)(F)F)C(F)C5)C(F)C4)C(F)CC3C2)CC1. The van der Waals surface area contributed by atoms with Crippen LogP contribution in [0, 0.1) is 41.4 Å².